The Morgan fingerprint density at radius 1 is 1.00 bits per heavy atom. The Hall–Kier alpha value is -3.16. The Bertz CT molecular complexity index is 766. The van der Waals surface area contributed by atoms with Gasteiger partial charge in [-0.15, -0.1) is 0 Å². The normalized spacial score (nSPS) is 10.1. The third-order valence-electron chi connectivity index (χ3n) is 3.15. The summed E-state index contributed by atoms with van der Waals surface area (Å²) in [6.07, 6.45) is 0. The van der Waals surface area contributed by atoms with Crippen LogP contribution in [0.4, 0.5) is 14.5 Å². The Labute approximate surface area is 149 Å². The number of carbonyl (C=O) groups is 2. The Morgan fingerprint density at radius 2 is 1.73 bits per heavy atom. The number of hydrogen-bond donors (Lipinski definition) is 2. The van der Waals surface area contributed by atoms with Crippen LogP contribution in [-0.4, -0.2) is 31.6 Å². The first-order valence-corrected chi connectivity index (χ1v) is 7.85. The largest absolute Gasteiger partial charge is 0.494 e. The second-order valence-corrected chi connectivity index (χ2v) is 5.15. The molecule has 0 spiro atoms. The molecule has 0 fully saturated rings. The molecule has 0 aromatic heterocycles. The van der Waals surface area contributed by atoms with Crippen molar-refractivity contribution in [3.63, 3.8) is 0 Å². The number of nitrogens with one attached hydrogen (secondary N) is 2. The smallest absolute Gasteiger partial charge is 0.258 e. The number of halogens is 2. The van der Waals surface area contributed by atoms with Gasteiger partial charge >= 0.3 is 0 Å². The quantitative estimate of drug-likeness (QED) is 0.755. The molecule has 6 nitrogen and oxygen atoms in total. The van der Waals surface area contributed by atoms with E-state index in [1.807, 2.05) is 6.92 Å². The predicted octanol–water partition coefficient (Wildman–Crippen LogP) is 2.50. The van der Waals surface area contributed by atoms with Crippen LogP contribution < -0.4 is 20.1 Å². The Kier molecular flexibility index (Phi) is 6.90. The fourth-order valence-corrected chi connectivity index (χ4v) is 1.97. The molecule has 2 aromatic rings. The molecule has 0 radical (unpaired) electrons. The lowest BCUT2D eigenvalue weighted by molar-refractivity contribution is -0.125. The van der Waals surface area contributed by atoms with Crippen LogP contribution >= 0.6 is 0 Å². The first-order chi connectivity index (χ1) is 12.5. The van der Waals surface area contributed by atoms with Gasteiger partial charge in [0.2, 0.25) is 5.91 Å². The summed E-state index contributed by atoms with van der Waals surface area (Å²) in [5.41, 5.74) is 0.553. The van der Waals surface area contributed by atoms with Gasteiger partial charge in [0.05, 0.1) is 13.2 Å². The SMILES string of the molecule is CCOc1ccc(NC(=O)CNC(=O)COc2ccc(F)cc2F)cc1. The topological polar surface area (TPSA) is 76.7 Å². The van der Waals surface area contributed by atoms with E-state index in [9.17, 15) is 18.4 Å². The summed E-state index contributed by atoms with van der Waals surface area (Å²) in [6, 6.07) is 9.51. The Balaban J connectivity index is 1.73. The van der Waals surface area contributed by atoms with Gasteiger partial charge in [-0.05, 0) is 43.3 Å². The van der Waals surface area contributed by atoms with E-state index in [4.69, 9.17) is 9.47 Å². The molecular weight excluding hydrogens is 346 g/mol. The summed E-state index contributed by atoms with van der Waals surface area (Å²) in [5, 5.41) is 4.94. The second-order valence-electron chi connectivity index (χ2n) is 5.15. The van der Waals surface area contributed by atoms with Crippen molar-refractivity contribution < 1.29 is 27.8 Å². The molecule has 0 aliphatic carbocycles. The van der Waals surface area contributed by atoms with Crippen LogP contribution in [0.1, 0.15) is 6.92 Å². The van der Waals surface area contributed by atoms with E-state index in [0.29, 0.717) is 24.1 Å². The number of carbonyl (C=O) groups excluding carboxylic acids is 2. The molecule has 0 atom stereocenters. The fraction of sp³-hybridized carbons (Fsp3) is 0.222. The van der Waals surface area contributed by atoms with Crippen LogP contribution in [-0.2, 0) is 9.59 Å². The van der Waals surface area contributed by atoms with E-state index in [-0.39, 0.29) is 12.3 Å². The third-order valence-corrected chi connectivity index (χ3v) is 3.15. The predicted molar refractivity (Wildman–Crippen MR) is 91.1 cm³/mol. The van der Waals surface area contributed by atoms with E-state index < -0.39 is 30.1 Å². The molecule has 0 bridgehead atoms. The number of rotatable bonds is 8. The minimum absolute atomic E-state index is 0.250. The van der Waals surface area contributed by atoms with Gasteiger partial charge in [0.25, 0.3) is 5.91 Å². The zero-order valence-corrected chi connectivity index (χ0v) is 14.1. The summed E-state index contributed by atoms with van der Waals surface area (Å²) in [4.78, 5) is 23.4. The molecule has 2 amide bonds. The number of anilines is 1. The molecule has 2 rings (SSSR count). The summed E-state index contributed by atoms with van der Waals surface area (Å²) >= 11 is 0. The molecule has 26 heavy (non-hydrogen) atoms. The van der Waals surface area contributed by atoms with Crippen molar-refractivity contribution in [2.45, 2.75) is 6.92 Å². The molecule has 2 aromatic carbocycles. The third kappa shape index (κ3) is 6.04. The van der Waals surface area contributed by atoms with Gasteiger partial charge in [-0.25, -0.2) is 8.78 Å². The first kappa shape index (κ1) is 19.2. The molecule has 0 saturated heterocycles. The lowest BCUT2D eigenvalue weighted by atomic mass is 10.3. The van der Waals surface area contributed by atoms with E-state index in [2.05, 4.69) is 10.6 Å². The molecular formula is C18H18F2N2O4. The van der Waals surface area contributed by atoms with Gasteiger partial charge in [-0.1, -0.05) is 0 Å². The van der Waals surface area contributed by atoms with Crippen LogP contribution in [0.2, 0.25) is 0 Å². The zero-order valence-electron chi connectivity index (χ0n) is 14.1. The molecule has 138 valence electrons. The van der Waals surface area contributed by atoms with Gasteiger partial charge in [-0.2, -0.15) is 0 Å². The molecule has 2 N–H and O–H groups in total. The molecule has 0 aliphatic heterocycles. The first-order valence-electron chi connectivity index (χ1n) is 7.85. The van der Waals surface area contributed by atoms with Gasteiger partial charge in [0.15, 0.2) is 18.2 Å². The molecule has 0 aliphatic rings. The second kappa shape index (κ2) is 9.36. The van der Waals surface area contributed by atoms with Crippen molar-refractivity contribution in [1.29, 1.82) is 0 Å². The highest BCUT2D eigenvalue weighted by molar-refractivity contribution is 5.94. The van der Waals surface area contributed by atoms with Gasteiger partial charge in [0.1, 0.15) is 11.6 Å². The summed E-state index contributed by atoms with van der Waals surface area (Å²) in [7, 11) is 0. The van der Waals surface area contributed by atoms with Crippen molar-refractivity contribution in [3.8, 4) is 11.5 Å². The number of benzene rings is 2. The maximum Gasteiger partial charge on any atom is 0.258 e. The fourth-order valence-electron chi connectivity index (χ4n) is 1.97. The van der Waals surface area contributed by atoms with Crippen molar-refractivity contribution in [2.75, 3.05) is 25.1 Å². The van der Waals surface area contributed by atoms with Crippen molar-refractivity contribution >= 4 is 17.5 Å². The monoisotopic (exact) mass is 364 g/mol. The average Bonchev–Trinajstić information content (AvgIpc) is 2.61. The number of ether oxygens (including phenoxy) is 2. The minimum atomic E-state index is -0.911. The minimum Gasteiger partial charge on any atom is -0.494 e. The summed E-state index contributed by atoms with van der Waals surface area (Å²) in [5.74, 6) is -2.27. The number of amides is 2. The highest BCUT2D eigenvalue weighted by Gasteiger charge is 2.10. The summed E-state index contributed by atoms with van der Waals surface area (Å²) < 4.78 is 36.4. The molecule has 0 saturated carbocycles. The lowest BCUT2D eigenvalue weighted by Gasteiger charge is -2.09. The van der Waals surface area contributed by atoms with E-state index in [1.165, 1.54) is 0 Å². The maximum atomic E-state index is 13.4. The summed E-state index contributed by atoms with van der Waals surface area (Å²) in [6.45, 7) is 1.63. The zero-order chi connectivity index (χ0) is 18.9. The van der Waals surface area contributed by atoms with Crippen LogP contribution in [0.25, 0.3) is 0 Å². The molecule has 0 unspecified atom stereocenters. The average molecular weight is 364 g/mol. The molecule has 8 heteroatoms. The van der Waals surface area contributed by atoms with E-state index >= 15 is 0 Å². The van der Waals surface area contributed by atoms with Gasteiger partial charge in [0, 0.05) is 11.8 Å². The van der Waals surface area contributed by atoms with Gasteiger partial charge in [-0.3, -0.25) is 9.59 Å². The molecule has 0 heterocycles. The van der Waals surface area contributed by atoms with Crippen molar-refractivity contribution in [3.05, 3.63) is 54.1 Å². The van der Waals surface area contributed by atoms with Crippen LogP contribution in [0, 0.1) is 11.6 Å². The standard InChI is InChI=1S/C18H18F2N2O4/c1-2-25-14-6-4-13(5-7-14)22-17(23)10-21-18(24)11-26-16-8-3-12(19)9-15(16)20/h3-9H,2,10-11H2,1H3,(H,21,24)(H,22,23). The van der Waals surface area contributed by atoms with Gasteiger partial charge < -0.3 is 20.1 Å². The highest BCUT2D eigenvalue weighted by Crippen LogP contribution is 2.17. The highest BCUT2D eigenvalue weighted by atomic mass is 19.1. The van der Waals surface area contributed by atoms with Crippen molar-refractivity contribution in [1.82, 2.24) is 5.32 Å². The van der Waals surface area contributed by atoms with Crippen LogP contribution in [0.5, 0.6) is 11.5 Å². The van der Waals surface area contributed by atoms with Crippen LogP contribution in [0.3, 0.4) is 0 Å². The van der Waals surface area contributed by atoms with E-state index in [0.717, 1.165) is 12.1 Å². The Morgan fingerprint density at radius 3 is 2.38 bits per heavy atom. The number of hydrogen-bond acceptors (Lipinski definition) is 4. The van der Waals surface area contributed by atoms with Crippen molar-refractivity contribution in [2.24, 2.45) is 0 Å². The lowest BCUT2D eigenvalue weighted by Crippen LogP contribution is -2.35. The maximum absolute atomic E-state index is 13.4. The van der Waals surface area contributed by atoms with Crippen LogP contribution in [0.15, 0.2) is 42.5 Å². The van der Waals surface area contributed by atoms with E-state index in [1.54, 1.807) is 24.3 Å².